The molecular weight excluding hydrogens is 258 g/mol. The summed E-state index contributed by atoms with van der Waals surface area (Å²) in [6.45, 7) is 3.17. The van der Waals surface area contributed by atoms with E-state index in [4.69, 9.17) is 5.11 Å². The fraction of sp³-hybridized carbons (Fsp3) is 0.857. The Morgan fingerprint density at radius 2 is 2.10 bits per heavy atom. The number of nitrogens with zero attached hydrogens (tertiary/aromatic N) is 2. The summed E-state index contributed by atoms with van der Waals surface area (Å²) in [6, 6.07) is 0.158. The zero-order valence-corrected chi connectivity index (χ0v) is 12.2. The van der Waals surface area contributed by atoms with Crippen molar-refractivity contribution in [2.45, 2.75) is 38.1 Å². The lowest BCUT2D eigenvalue weighted by Gasteiger charge is -2.30. The molecule has 20 heavy (non-hydrogen) atoms. The van der Waals surface area contributed by atoms with Crippen molar-refractivity contribution in [1.29, 1.82) is 0 Å². The molecule has 1 saturated carbocycles. The molecule has 1 aliphatic carbocycles. The number of rotatable bonds is 6. The van der Waals surface area contributed by atoms with Crippen LogP contribution >= 0.6 is 0 Å². The average molecular weight is 283 g/mol. The zero-order chi connectivity index (χ0) is 14.5. The fourth-order valence-corrected chi connectivity index (χ4v) is 2.83. The molecule has 6 nitrogen and oxygen atoms in total. The predicted octanol–water partition coefficient (Wildman–Crippen LogP) is 0.977. The topological polar surface area (TPSA) is 72.9 Å². The van der Waals surface area contributed by atoms with E-state index in [1.54, 1.807) is 4.90 Å². The molecule has 0 aromatic rings. The minimum absolute atomic E-state index is 0.0239. The van der Waals surface area contributed by atoms with Crippen molar-refractivity contribution in [3.63, 3.8) is 0 Å². The van der Waals surface area contributed by atoms with Crippen LogP contribution in [0.15, 0.2) is 0 Å². The largest absolute Gasteiger partial charge is 0.481 e. The zero-order valence-electron chi connectivity index (χ0n) is 12.2. The van der Waals surface area contributed by atoms with Gasteiger partial charge in [0.25, 0.3) is 0 Å². The standard InChI is InChI=1S/C14H25N3O3/c1-16-7-2-3-11(10-16)9-15-14(20)17(12-4-5-12)8-6-13(18)19/h11-12H,2-10H2,1H3,(H,15,20)(H,18,19). The maximum Gasteiger partial charge on any atom is 0.317 e. The lowest BCUT2D eigenvalue weighted by molar-refractivity contribution is -0.137. The highest BCUT2D eigenvalue weighted by Crippen LogP contribution is 2.27. The molecule has 0 radical (unpaired) electrons. The van der Waals surface area contributed by atoms with Crippen molar-refractivity contribution in [2.75, 3.05) is 33.2 Å². The van der Waals surface area contributed by atoms with Gasteiger partial charge >= 0.3 is 12.0 Å². The van der Waals surface area contributed by atoms with Gasteiger partial charge in [-0.15, -0.1) is 0 Å². The van der Waals surface area contributed by atoms with Crippen LogP contribution in [-0.4, -0.2) is 66.2 Å². The maximum atomic E-state index is 12.2. The molecule has 2 amide bonds. The maximum absolute atomic E-state index is 12.2. The van der Waals surface area contributed by atoms with Crippen LogP contribution in [-0.2, 0) is 4.79 Å². The molecule has 1 aliphatic heterocycles. The van der Waals surface area contributed by atoms with Gasteiger partial charge in [0.2, 0.25) is 0 Å². The Labute approximate surface area is 120 Å². The Bertz CT molecular complexity index is 358. The predicted molar refractivity (Wildman–Crippen MR) is 75.6 cm³/mol. The van der Waals surface area contributed by atoms with Crippen molar-refractivity contribution in [3.8, 4) is 0 Å². The Hall–Kier alpha value is -1.30. The van der Waals surface area contributed by atoms with E-state index >= 15 is 0 Å². The smallest absolute Gasteiger partial charge is 0.317 e. The first-order valence-electron chi connectivity index (χ1n) is 7.51. The lowest BCUT2D eigenvalue weighted by atomic mass is 9.99. The summed E-state index contributed by atoms with van der Waals surface area (Å²) in [5.74, 6) is -0.337. The van der Waals surface area contributed by atoms with Crippen molar-refractivity contribution < 1.29 is 14.7 Å². The molecule has 1 unspecified atom stereocenters. The number of piperidine rings is 1. The summed E-state index contributed by atoms with van der Waals surface area (Å²) in [7, 11) is 2.11. The molecule has 6 heteroatoms. The SMILES string of the molecule is CN1CCCC(CNC(=O)N(CCC(=O)O)C2CC2)C1. The fourth-order valence-electron chi connectivity index (χ4n) is 2.83. The van der Waals surface area contributed by atoms with Gasteiger partial charge in [0.05, 0.1) is 6.42 Å². The van der Waals surface area contributed by atoms with E-state index in [1.165, 1.54) is 6.42 Å². The molecule has 0 spiro atoms. The van der Waals surface area contributed by atoms with Gasteiger partial charge < -0.3 is 20.2 Å². The molecule has 1 heterocycles. The highest BCUT2D eigenvalue weighted by atomic mass is 16.4. The van der Waals surface area contributed by atoms with Crippen molar-refractivity contribution in [1.82, 2.24) is 15.1 Å². The van der Waals surface area contributed by atoms with Gasteiger partial charge in [-0.1, -0.05) is 0 Å². The van der Waals surface area contributed by atoms with Crippen molar-refractivity contribution in [3.05, 3.63) is 0 Å². The number of aliphatic carboxylic acids is 1. The Kier molecular flexibility index (Phi) is 5.23. The van der Waals surface area contributed by atoms with Crippen LogP contribution in [0.3, 0.4) is 0 Å². The molecule has 2 aliphatic rings. The third kappa shape index (κ3) is 4.67. The molecule has 1 saturated heterocycles. The summed E-state index contributed by atoms with van der Waals surface area (Å²) in [5.41, 5.74) is 0. The first-order valence-corrected chi connectivity index (χ1v) is 7.51. The third-order valence-corrected chi connectivity index (χ3v) is 4.08. The second kappa shape index (κ2) is 6.92. The van der Waals surface area contributed by atoms with Crippen molar-refractivity contribution in [2.24, 2.45) is 5.92 Å². The quantitative estimate of drug-likeness (QED) is 0.762. The van der Waals surface area contributed by atoms with Gasteiger partial charge in [0.1, 0.15) is 0 Å². The Morgan fingerprint density at radius 1 is 1.35 bits per heavy atom. The lowest BCUT2D eigenvalue weighted by Crippen LogP contribution is -2.46. The van der Waals surface area contributed by atoms with Crippen LogP contribution in [0.1, 0.15) is 32.1 Å². The van der Waals surface area contributed by atoms with E-state index in [9.17, 15) is 9.59 Å². The molecule has 0 bridgehead atoms. The number of carboxylic acids is 1. The van der Waals surface area contributed by atoms with Gasteiger partial charge in [0, 0.05) is 25.7 Å². The van der Waals surface area contributed by atoms with Gasteiger partial charge in [-0.2, -0.15) is 0 Å². The number of urea groups is 1. The molecular formula is C14H25N3O3. The van der Waals surface area contributed by atoms with Crippen LogP contribution in [0.4, 0.5) is 4.79 Å². The average Bonchev–Trinajstić information content (AvgIpc) is 3.21. The third-order valence-electron chi connectivity index (χ3n) is 4.08. The van der Waals surface area contributed by atoms with Gasteiger partial charge in [-0.25, -0.2) is 4.79 Å². The van der Waals surface area contributed by atoms with E-state index in [2.05, 4.69) is 17.3 Å². The number of hydrogen-bond acceptors (Lipinski definition) is 3. The van der Waals surface area contributed by atoms with Crippen molar-refractivity contribution >= 4 is 12.0 Å². The monoisotopic (exact) mass is 283 g/mol. The highest BCUT2D eigenvalue weighted by molar-refractivity contribution is 5.76. The van der Waals surface area contributed by atoms with E-state index in [-0.39, 0.29) is 18.5 Å². The highest BCUT2D eigenvalue weighted by Gasteiger charge is 2.32. The van der Waals surface area contributed by atoms with Crippen LogP contribution < -0.4 is 5.32 Å². The number of likely N-dealkylation sites (tertiary alicyclic amines) is 1. The molecule has 0 aromatic heterocycles. The van der Waals surface area contributed by atoms with E-state index in [0.717, 1.165) is 32.4 Å². The number of hydrogen-bond donors (Lipinski definition) is 2. The minimum Gasteiger partial charge on any atom is -0.481 e. The second-order valence-corrected chi connectivity index (χ2v) is 6.02. The summed E-state index contributed by atoms with van der Waals surface area (Å²) in [4.78, 5) is 26.8. The molecule has 2 rings (SSSR count). The molecule has 0 aromatic carbocycles. The second-order valence-electron chi connectivity index (χ2n) is 6.02. The number of amides is 2. The number of nitrogens with one attached hydrogen (secondary N) is 1. The van der Waals surface area contributed by atoms with Gasteiger partial charge in [-0.05, 0) is 45.2 Å². The van der Waals surface area contributed by atoms with E-state index in [1.807, 2.05) is 0 Å². The van der Waals surface area contributed by atoms with E-state index in [0.29, 0.717) is 19.0 Å². The number of carboxylic acid groups (broad SMARTS) is 1. The first-order chi connectivity index (χ1) is 9.56. The molecule has 2 N–H and O–H groups in total. The number of carbonyl (C=O) groups is 2. The van der Waals surface area contributed by atoms with Crippen LogP contribution in [0.25, 0.3) is 0 Å². The summed E-state index contributed by atoms with van der Waals surface area (Å²) >= 11 is 0. The van der Waals surface area contributed by atoms with Crippen LogP contribution in [0.5, 0.6) is 0 Å². The Balaban J connectivity index is 1.74. The summed E-state index contributed by atoms with van der Waals surface area (Å²) in [5, 5.41) is 11.7. The summed E-state index contributed by atoms with van der Waals surface area (Å²) in [6.07, 6.45) is 4.36. The van der Waals surface area contributed by atoms with Gasteiger partial charge in [-0.3, -0.25) is 4.79 Å². The molecule has 2 fully saturated rings. The Morgan fingerprint density at radius 3 is 2.70 bits per heavy atom. The number of carbonyl (C=O) groups excluding carboxylic acids is 1. The van der Waals surface area contributed by atoms with Crippen LogP contribution in [0, 0.1) is 5.92 Å². The van der Waals surface area contributed by atoms with Crippen LogP contribution in [0.2, 0.25) is 0 Å². The van der Waals surface area contributed by atoms with E-state index < -0.39 is 5.97 Å². The molecule has 114 valence electrons. The summed E-state index contributed by atoms with van der Waals surface area (Å²) < 4.78 is 0. The first kappa shape index (κ1) is 15.1. The molecule has 1 atom stereocenters. The minimum atomic E-state index is -0.850. The normalized spacial score (nSPS) is 23.4. The van der Waals surface area contributed by atoms with Gasteiger partial charge in [0.15, 0.2) is 0 Å².